The van der Waals surface area contributed by atoms with Crippen molar-refractivity contribution in [1.82, 2.24) is 20.9 Å². The summed E-state index contributed by atoms with van der Waals surface area (Å²) in [5.41, 5.74) is 19.3. The Hall–Kier alpha value is -4.73. The number of carboxylic acid groups (broad SMARTS) is 1. The van der Waals surface area contributed by atoms with Crippen LogP contribution in [-0.2, 0) is 30.4 Å². The number of hydrogen-bond acceptors (Lipinski definition) is 10. The number of rotatable bonds is 20. The summed E-state index contributed by atoms with van der Waals surface area (Å²) in [6.07, 6.45) is 7.57. The summed E-state index contributed by atoms with van der Waals surface area (Å²) in [4.78, 5) is 68.3. The SMILES string of the molecule is CCCCCCCCCC(=O)NC(CCN)C(=O)N(C)C1C(=O)NC(C)C(=O)NC(C(=O)O)Cc2ccc(OCCN)c(c2)-c2cc1ccc2OCCN. The van der Waals surface area contributed by atoms with Gasteiger partial charge in [0, 0.05) is 44.1 Å². The smallest absolute Gasteiger partial charge is 0.326 e. The summed E-state index contributed by atoms with van der Waals surface area (Å²) in [7, 11) is 1.45. The zero-order chi connectivity index (χ0) is 39.6. The molecule has 0 fully saturated rings. The Morgan fingerprint density at radius 2 is 1.48 bits per heavy atom. The highest BCUT2D eigenvalue weighted by Crippen LogP contribution is 2.40. The number of hydrogen-bond donors (Lipinski definition) is 7. The number of benzene rings is 2. The fourth-order valence-electron chi connectivity index (χ4n) is 6.38. The van der Waals surface area contributed by atoms with Crippen LogP contribution in [0.25, 0.3) is 11.1 Å². The third kappa shape index (κ3) is 12.7. The summed E-state index contributed by atoms with van der Waals surface area (Å²) in [5, 5.41) is 18.0. The molecule has 0 aromatic heterocycles. The number of carboxylic acids is 1. The Balaban J connectivity index is 2.09. The number of carbonyl (C=O) groups is 5. The first-order chi connectivity index (χ1) is 25.9. The van der Waals surface area contributed by atoms with Crippen LogP contribution in [0.15, 0.2) is 36.4 Å². The van der Waals surface area contributed by atoms with Gasteiger partial charge in [0.05, 0.1) is 0 Å². The Morgan fingerprint density at radius 3 is 2.09 bits per heavy atom. The second kappa shape index (κ2) is 22.5. The minimum atomic E-state index is -1.33. The molecule has 298 valence electrons. The minimum Gasteiger partial charge on any atom is -0.492 e. The summed E-state index contributed by atoms with van der Waals surface area (Å²) in [5.74, 6) is -2.75. The van der Waals surface area contributed by atoms with Gasteiger partial charge < -0.3 is 52.6 Å². The molecule has 15 nitrogen and oxygen atoms in total. The van der Waals surface area contributed by atoms with Gasteiger partial charge in [-0.05, 0) is 61.7 Å². The van der Waals surface area contributed by atoms with Gasteiger partial charge in [0.2, 0.25) is 23.6 Å². The van der Waals surface area contributed by atoms with E-state index in [2.05, 4.69) is 22.9 Å². The molecule has 10 N–H and O–H groups in total. The number of amides is 4. The van der Waals surface area contributed by atoms with Crippen LogP contribution in [0.4, 0.5) is 0 Å². The number of nitrogens with one attached hydrogen (secondary N) is 3. The van der Waals surface area contributed by atoms with E-state index in [4.69, 9.17) is 26.7 Å². The van der Waals surface area contributed by atoms with Crippen molar-refractivity contribution in [3.63, 3.8) is 0 Å². The predicted molar refractivity (Wildman–Crippen MR) is 206 cm³/mol. The number of likely N-dealkylation sites (N-methyl/N-ethyl adjacent to an activating group) is 1. The number of fused-ring (bicyclic) bond motifs is 5. The lowest BCUT2D eigenvalue weighted by Gasteiger charge is -2.32. The summed E-state index contributed by atoms with van der Waals surface area (Å²) in [6, 6.07) is 5.27. The molecule has 15 heteroatoms. The average Bonchev–Trinajstić information content (AvgIpc) is 3.15. The minimum absolute atomic E-state index is 0.0718. The summed E-state index contributed by atoms with van der Waals surface area (Å²) in [6.45, 7) is 4.45. The molecule has 0 saturated heterocycles. The maximum Gasteiger partial charge on any atom is 0.326 e. The van der Waals surface area contributed by atoms with Crippen molar-refractivity contribution in [3.8, 4) is 22.6 Å². The second-order valence-electron chi connectivity index (χ2n) is 13.6. The number of nitrogens with zero attached hydrogens (tertiary/aromatic N) is 1. The van der Waals surface area contributed by atoms with Gasteiger partial charge in [-0.15, -0.1) is 0 Å². The average molecular weight is 754 g/mol. The molecule has 0 saturated carbocycles. The van der Waals surface area contributed by atoms with Crippen molar-refractivity contribution in [2.24, 2.45) is 17.2 Å². The van der Waals surface area contributed by atoms with Gasteiger partial charge in [0.1, 0.15) is 48.9 Å². The highest BCUT2D eigenvalue weighted by molar-refractivity contribution is 5.96. The predicted octanol–water partition coefficient (Wildman–Crippen LogP) is 2.13. The van der Waals surface area contributed by atoms with Crippen molar-refractivity contribution in [1.29, 1.82) is 0 Å². The van der Waals surface area contributed by atoms with E-state index in [1.54, 1.807) is 36.4 Å². The Bertz CT molecular complexity index is 1570. The molecule has 4 unspecified atom stereocenters. The Kier molecular flexibility index (Phi) is 18.2. The first-order valence-corrected chi connectivity index (χ1v) is 19.0. The van der Waals surface area contributed by atoms with E-state index in [0.29, 0.717) is 40.2 Å². The molecule has 2 aromatic rings. The fraction of sp³-hybridized carbons (Fsp3) is 0.564. The Labute approximate surface area is 318 Å². The van der Waals surface area contributed by atoms with Crippen LogP contribution in [0.5, 0.6) is 11.5 Å². The third-order valence-corrected chi connectivity index (χ3v) is 9.29. The van der Waals surface area contributed by atoms with Gasteiger partial charge in [0.15, 0.2) is 0 Å². The van der Waals surface area contributed by atoms with Crippen molar-refractivity contribution >= 4 is 29.6 Å². The normalized spacial score (nSPS) is 17.7. The van der Waals surface area contributed by atoms with Gasteiger partial charge in [-0.25, -0.2) is 4.79 Å². The van der Waals surface area contributed by atoms with E-state index in [1.165, 1.54) is 31.7 Å². The molecule has 3 rings (SSSR count). The molecule has 4 bridgehead atoms. The standard InChI is InChI=1S/C39H59N7O8/c1-4-5-6-7-8-9-10-11-34(47)44-30(16-17-40)38(50)46(3)35-27-13-15-33(54-21-19-42)29(24-27)28-22-26(12-14-32(28)53-20-18-41)23-31(39(51)52)45-36(48)25(2)43-37(35)49/h12-15,22,24-25,30-31,35H,4-11,16-21,23,40-42H2,1-3H3,(H,43,49)(H,44,47)(H,45,48)(H,51,52). The van der Waals surface area contributed by atoms with E-state index in [1.807, 2.05) is 0 Å². The van der Waals surface area contributed by atoms with E-state index in [0.717, 1.165) is 25.7 Å². The first kappa shape index (κ1) is 43.7. The van der Waals surface area contributed by atoms with Gasteiger partial charge >= 0.3 is 5.97 Å². The molecule has 0 aliphatic carbocycles. The molecule has 1 aliphatic rings. The molecule has 0 spiro atoms. The molecule has 2 aromatic carbocycles. The van der Waals surface area contributed by atoms with E-state index >= 15 is 0 Å². The number of carbonyl (C=O) groups excluding carboxylic acids is 4. The van der Waals surface area contributed by atoms with E-state index in [-0.39, 0.29) is 58.0 Å². The Morgan fingerprint density at radius 1 is 0.870 bits per heavy atom. The number of aliphatic carboxylic acids is 1. The molecule has 4 atom stereocenters. The highest BCUT2D eigenvalue weighted by atomic mass is 16.5. The van der Waals surface area contributed by atoms with Crippen LogP contribution in [0.3, 0.4) is 0 Å². The highest BCUT2D eigenvalue weighted by Gasteiger charge is 2.36. The van der Waals surface area contributed by atoms with Crippen LogP contribution in [0, 0.1) is 0 Å². The molecular weight excluding hydrogens is 694 g/mol. The largest absolute Gasteiger partial charge is 0.492 e. The maximum absolute atomic E-state index is 14.2. The lowest BCUT2D eigenvalue weighted by Crippen LogP contribution is -2.55. The molecule has 0 radical (unpaired) electrons. The molecule has 1 heterocycles. The number of nitrogens with two attached hydrogens (primary N) is 3. The van der Waals surface area contributed by atoms with Crippen LogP contribution >= 0.6 is 0 Å². The lowest BCUT2D eigenvalue weighted by atomic mass is 9.93. The lowest BCUT2D eigenvalue weighted by molar-refractivity contribution is -0.143. The number of ether oxygens (including phenoxy) is 2. The van der Waals surface area contributed by atoms with Crippen molar-refractivity contribution in [2.75, 3.05) is 39.9 Å². The van der Waals surface area contributed by atoms with Crippen molar-refractivity contribution in [2.45, 2.75) is 102 Å². The van der Waals surface area contributed by atoms with Gasteiger partial charge in [-0.3, -0.25) is 19.2 Å². The summed E-state index contributed by atoms with van der Waals surface area (Å²) >= 11 is 0. The first-order valence-electron chi connectivity index (χ1n) is 19.0. The zero-order valence-electron chi connectivity index (χ0n) is 31.9. The van der Waals surface area contributed by atoms with E-state index < -0.39 is 47.9 Å². The molecule has 1 aliphatic heterocycles. The van der Waals surface area contributed by atoms with Crippen LogP contribution in [0.2, 0.25) is 0 Å². The van der Waals surface area contributed by atoms with E-state index in [9.17, 15) is 29.1 Å². The molecular formula is C39H59N7O8. The quantitative estimate of drug-likeness (QED) is 0.0967. The molecule has 54 heavy (non-hydrogen) atoms. The van der Waals surface area contributed by atoms with Crippen LogP contribution in [0.1, 0.15) is 88.8 Å². The second-order valence-corrected chi connectivity index (χ2v) is 13.6. The number of unbranched alkanes of at least 4 members (excludes halogenated alkanes) is 6. The fourth-order valence-corrected chi connectivity index (χ4v) is 6.38. The monoisotopic (exact) mass is 753 g/mol. The van der Waals surface area contributed by atoms with Crippen LogP contribution < -0.4 is 42.6 Å². The van der Waals surface area contributed by atoms with Crippen molar-refractivity contribution in [3.05, 3.63) is 47.5 Å². The van der Waals surface area contributed by atoms with Crippen LogP contribution in [-0.4, -0.2) is 97.6 Å². The van der Waals surface area contributed by atoms with Gasteiger partial charge in [0.25, 0.3) is 0 Å². The summed E-state index contributed by atoms with van der Waals surface area (Å²) < 4.78 is 12.0. The molecule has 4 amide bonds. The van der Waals surface area contributed by atoms with Crippen molar-refractivity contribution < 1.29 is 38.6 Å². The third-order valence-electron chi connectivity index (χ3n) is 9.29. The topological polar surface area (TPSA) is 241 Å². The zero-order valence-corrected chi connectivity index (χ0v) is 31.9. The van der Waals surface area contributed by atoms with Gasteiger partial charge in [-0.2, -0.15) is 0 Å². The van der Waals surface area contributed by atoms with Gasteiger partial charge in [-0.1, -0.05) is 57.6 Å². The maximum atomic E-state index is 14.2.